The van der Waals surface area contributed by atoms with E-state index in [9.17, 15) is 14.0 Å². The summed E-state index contributed by atoms with van der Waals surface area (Å²) in [6.45, 7) is 1.13. The van der Waals surface area contributed by atoms with Gasteiger partial charge in [-0.1, -0.05) is 31.9 Å². The Morgan fingerprint density at radius 1 is 1.10 bits per heavy atom. The fraction of sp³-hybridized carbons (Fsp3) is 0.318. The predicted molar refractivity (Wildman–Crippen MR) is 115 cm³/mol. The third-order valence-corrected chi connectivity index (χ3v) is 5.44. The van der Waals surface area contributed by atoms with Crippen molar-refractivity contribution in [1.82, 2.24) is 19.9 Å². The van der Waals surface area contributed by atoms with Crippen molar-refractivity contribution in [3.8, 4) is 0 Å². The molecule has 3 aromatic rings. The highest BCUT2D eigenvalue weighted by Crippen LogP contribution is 2.29. The molecular weight excluding hydrogens is 399 g/mol. The Bertz CT molecular complexity index is 1100. The number of nitrogens with one attached hydrogen (secondary N) is 1. The molecule has 3 heterocycles. The van der Waals surface area contributed by atoms with E-state index < -0.39 is 30.6 Å². The molecule has 0 radical (unpaired) electrons. The highest BCUT2D eigenvalue weighted by molar-refractivity contribution is 6.21. The minimum absolute atomic E-state index is 0.0507. The third-order valence-electron chi connectivity index (χ3n) is 5.44. The number of rotatable bonds is 8. The van der Waals surface area contributed by atoms with Gasteiger partial charge in [0.1, 0.15) is 12.2 Å². The summed E-state index contributed by atoms with van der Waals surface area (Å²) in [5.74, 6) is -0.581. The van der Waals surface area contributed by atoms with E-state index in [1.54, 1.807) is 42.6 Å². The summed E-state index contributed by atoms with van der Waals surface area (Å²) in [5.41, 5.74) is 7.46. The first-order valence-electron chi connectivity index (χ1n) is 10.2. The second-order valence-corrected chi connectivity index (χ2v) is 7.44. The maximum absolute atomic E-state index is 14.4. The zero-order valence-electron chi connectivity index (χ0n) is 17.1. The molecule has 2 amide bonds. The molecule has 8 nitrogen and oxygen atoms in total. The topological polar surface area (TPSA) is 114 Å². The summed E-state index contributed by atoms with van der Waals surface area (Å²) >= 11 is 0. The summed E-state index contributed by atoms with van der Waals surface area (Å²) in [6.07, 6.45) is 3.76. The van der Waals surface area contributed by atoms with Crippen LogP contribution in [-0.2, 0) is 0 Å². The van der Waals surface area contributed by atoms with Gasteiger partial charge in [-0.25, -0.2) is 9.37 Å². The molecule has 9 heteroatoms. The molecule has 2 aromatic heterocycles. The van der Waals surface area contributed by atoms with Crippen LogP contribution in [0.3, 0.4) is 0 Å². The molecule has 1 aliphatic heterocycles. The van der Waals surface area contributed by atoms with E-state index in [4.69, 9.17) is 5.73 Å². The molecule has 4 rings (SSSR count). The number of imide groups is 1. The van der Waals surface area contributed by atoms with Gasteiger partial charge in [0, 0.05) is 6.20 Å². The number of aromatic nitrogens is 3. The zero-order valence-corrected chi connectivity index (χ0v) is 17.1. The fourth-order valence-electron chi connectivity index (χ4n) is 3.91. The Labute approximate surface area is 178 Å². The van der Waals surface area contributed by atoms with Crippen molar-refractivity contribution in [3.05, 3.63) is 53.7 Å². The van der Waals surface area contributed by atoms with Crippen molar-refractivity contribution in [1.29, 1.82) is 0 Å². The molecule has 0 saturated carbocycles. The minimum atomic E-state index is -1.01. The minimum Gasteiger partial charge on any atom is -0.368 e. The lowest BCUT2D eigenvalue weighted by atomic mass is 10.0. The van der Waals surface area contributed by atoms with E-state index in [1.807, 2.05) is 6.92 Å². The number of amides is 2. The Balaban J connectivity index is 1.71. The highest BCUT2D eigenvalue weighted by Gasteiger charge is 2.42. The normalized spacial score (nSPS) is 15.2. The summed E-state index contributed by atoms with van der Waals surface area (Å²) < 4.78 is 14.4. The van der Waals surface area contributed by atoms with Gasteiger partial charge < -0.3 is 11.1 Å². The first kappa shape index (κ1) is 20.6. The van der Waals surface area contributed by atoms with E-state index in [2.05, 4.69) is 20.3 Å². The first-order chi connectivity index (χ1) is 15.0. The van der Waals surface area contributed by atoms with Gasteiger partial charge >= 0.3 is 0 Å². The van der Waals surface area contributed by atoms with Gasteiger partial charge in [-0.3, -0.25) is 19.5 Å². The molecule has 0 fully saturated rings. The molecule has 0 spiro atoms. The lowest BCUT2D eigenvalue weighted by Gasteiger charge is -2.32. The largest absolute Gasteiger partial charge is 0.368 e. The van der Waals surface area contributed by atoms with Gasteiger partial charge in [0.15, 0.2) is 5.82 Å². The van der Waals surface area contributed by atoms with Gasteiger partial charge in [0.2, 0.25) is 5.95 Å². The molecule has 1 aliphatic rings. The number of unbranched alkanes of at least 4 members (excludes halogenated alkanes) is 1. The number of fused-ring (bicyclic) bond motifs is 2. The molecule has 0 saturated heterocycles. The van der Waals surface area contributed by atoms with Crippen molar-refractivity contribution < 1.29 is 14.0 Å². The molecule has 3 N–H and O–H groups in total. The van der Waals surface area contributed by atoms with Gasteiger partial charge in [0.25, 0.3) is 11.8 Å². The van der Waals surface area contributed by atoms with Gasteiger partial charge in [-0.15, -0.1) is 0 Å². The standard InChI is InChI=1S/C22H23FN6O2/c1-2-3-9-15(26-19-18-16(10-6-11-25-18)27-22(24)28-19)17(12-23)29-20(30)13-7-4-5-8-14(13)21(29)31/h4-8,10-11,15,17H,2-3,9,12H2,1H3,(H3,24,26,27,28)/t15-,17?/m1/s1. The number of anilines is 2. The Hall–Kier alpha value is -3.62. The molecular formula is C22H23FN6O2. The van der Waals surface area contributed by atoms with E-state index in [0.29, 0.717) is 34.4 Å². The molecule has 1 aromatic carbocycles. The van der Waals surface area contributed by atoms with Crippen LogP contribution in [0.25, 0.3) is 11.0 Å². The molecule has 160 valence electrons. The zero-order chi connectivity index (χ0) is 22.0. The SMILES string of the molecule is CCCC[C@@H](Nc1nc(N)nc2cccnc12)C(CF)N1C(=O)c2ccccc2C1=O. The van der Waals surface area contributed by atoms with Crippen LogP contribution in [0.4, 0.5) is 16.2 Å². The van der Waals surface area contributed by atoms with E-state index >= 15 is 0 Å². The van der Waals surface area contributed by atoms with Gasteiger partial charge in [-0.05, 0) is 30.7 Å². The van der Waals surface area contributed by atoms with Crippen LogP contribution in [-0.4, -0.2) is 50.4 Å². The number of carbonyl (C=O) groups is 2. The highest BCUT2D eigenvalue weighted by atomic mass is 19.1. The van der Waals surface area contributed by atoms with Crippen LogP contribution in [0.15, 0.2) is 42.6 Å². The van der Waals surface area contributed by atoms with Crippen LogP contribution in [0.5, 0.6) is 0 Å². The summed E-state index contributed by atoms with van der Waals surface area (Å²) in [4.78, 5) is 39.7. The smallest absolute Gasteiger partial charge is 0.261 e. The molecule has 1 unspecified atom stereocenters. The second kappa shape index (κ2) is 8.63. The summed E-state index contributed by atoms with van der Waals surface area (Å²) in [5, 5.41) is 3.21. The quantitative estimate of drug-likeness (QED) is 0.536. The number of benzene rings is 1. The van der Waals surface area contributed by atoms with Gasteiger partial charge in [-0.2, -0.15) is 4.98 Å². The molecule has 0 bridgehead atoms. The third kappa shape index (κ3) is 3.78. The number of hydrogen-bond donors (Lipinski definition) is 2. The maximum atomic E-state index is 14.4. The fourth-order valence-corrected chi connectivity index (χ4v) is 3.91. The van der Waals surface area contributed by atoms with Crippen LogP contribution < -0.4 is 11.1 Å². The molecule has 31 heavy (non-hydrogen) atoms. The van der Waals surface area contributed by atoms with Crippen LogP contribution >= 0.6 is 0 Å². The Kier molecular flexibility index (Phi) is 5.75. The van der Waals surface area contributed by atoms with Crippen LogP contribution in [0, 0.1) is 0 Å². The molecule has 2 atom stereocenters. The van der Waals surface area contributed by atoms with Crippen molar-refractivity contribution >= 4 is 34.6 Å². The maximum Gasteiger partial charge on any atom is 0.261 e. The first-order valence-corrected chi connectivity index (χ1v) is 10.2. The number of nitrogen functional groups attached to an aromatic ring is 1. The number of carbonyl (C=O) groups excluding carboxylic acids is 2. The Morgan fingerprint density at radius 3 is 2.45 bits per heavy atom. The average molecular weight is 422 g/mol. The number of pyridine rings is 1. The van der Waals surface area contributed by atoms with E-state index in [-0.39, 0.29) is 5.95 Å². The lowest BCUT2D eigenvalue weighted by molar-refractivity contribution is 0.0535. The van der Waals surface area contributed by atoms with E-state index in [1.165, 1.54) is 0 Å². The number of halogens is 1. The van der Waals surface area contributed by atoms with Gasteiger partial charge in [0.05, 0.1) is 28.7 Å². The lowest BCUT2D eigenvalue weighted by Crippen LogP contribution is -2.51. The van der Waals surface area contributed by atoms with Crippen molar-refractivity contribution in [2.45, 2.75) is 38.3 Å². The van der Waals surface area contributed by atoms with Crippen molar-refractivity contribution in [2.75, 3.05) is 17.7 Å². The van der Waals surface area contributed by atoms with Crippen molar-refractivity contribution in [3.63, 3.8) is 0 Å². The number of hydrogen-bond acceptors (Lipinski definition) is 7. The summed E-state index contributed by atoms with van der Waals surface area (Å²) in [7, 11) is 0. The predicted octanol–water partition coefficient (Wildman–Crippen LogP) is 3.21. The second-order valence-electron chi connectivity index (χ2n) is 7.44. The van der Waals surface area contributed by atoms with Crippen LogP contribution in [0.1, 0.15) is 46.9 Å². The Morgan fingerprint density at radius 2 is 1.81 bits per heavy atom. The van der Waals surface area contributed by atoms with Crippen molar-refractivity contribution in [2.24, 2.45) is 0 Å². The number of nitrogens with two attached hydrogens (primary N) is 1. The molecule has 0 aliphatic carbocycles. The van der Waals surface area contributed by atoms with Crippen LogP contribution in [0.2, 0.25) is 0 Å². The average Bonchev–Trinajstić information content (AvgIpc) is 3.03. The monoisotopic (exact) mass is 422 g/mol. The number of nitrogens with zero attached hydrogens (tertiary/aromatic N) is 4. The summed E-state index contributed by atoms with van der Waals surface area (Å²) in [6, 6.07) is 8.45. The van der Waals surface area contributed by atoms with E-state index in [0.717, 1.165) is 17.7 Å². The number of alkyl halides is 1.